The summed E-state index contributed by atoms with van der Waals surface area (Å²) in [6, 6.07) is 4.36. The molecular formula is C14H19N3O3. The minimum absolute atomic E-state index is 0.00448. The second-order valence-electron chi connectivity index (χ2n) is 5.39. The zero-order valence-electron chi connectivity index (χ0n) is 11.5. The second-order valence-corrected chi connectivity index (χ2v) is 5.39. The third-order valence-corrected chi connectivity index (χ3v) is 3.79. The van der Waals surface area contributed by atoms with Gasteiger partial charge >= 0.3 is 0 Å². The number of anilines is 1. The standard InChI is InChI=1S/C14H19N3O3/c1-10-2-5-14(18)16(7-6-10)9-11-8-12(17(19)20)3-4-13(11)15/h3-4,8,10H,2,5-7,9,15H2,1H3. The van der Waals surface area contributed by atoms with Crippen molar-refractivity contribution in [3.05, 3.63) is 33.9 Å². The van der Waals surface area contributed by atoms with Crippen LogP contribution >= 0.6 is 0 Å². The Hall–Kier alpha value is -2.11. The first-order valence-corrected chi connectivity index (χ1v) is 6.78. The molecule has 0 saturated carbocycles. The molecule has 1 aliphatic rings. The number of hydrogen-bond acceptors (Lipinski definition) is 4. The van der Waals surface area contributed by atoms with E-state index in [9.17, 15) is 14.9 Å². The number of nitro groups is 1. The Labute approximate surface area is 117 Å². The molecule has 2 rings (SSSR count). The van der Waals surface area contributed by atoms with E-state index in [0.29, 0.717) is 36.7 Å². The van der Waals surface area contributed by atoms with Crippen molar-refractivity contribution >= 4 is 17.3 Å². The number of hydrogen-bond donors (Lipinski definition) is 1. The van der Waals surface area contributed by atoms with Gasteiger partial charge < -0.3 is 10.6 Å². The Bertz CT molecular complexity index is 530. The largest absolute Gasteiger partial charge is 0.398 e. The molecule has 0 spiro atoms. The maximum Gasteiger partial charge on any atom is 0.269 e. The van der Waals surface area contributed by atoms with Gasteiger partial charge in [-0.1, -0.05) is 6.92 Å². The quantitative estimate of drug-likeness (QED) is 0.521. The molecule has 1 fully saturated rings. The SMILES string of the molecule is CC1CCC(=O)N(Cc2cc([N+](=O)[O-])ccc2N)CC1. The molecule has 2 N–H and O–H groups in total. The molecule has 1 unspecified atom stereocenters. The smallest absolute Gasteiger partial charge is 0.269 e. The fraction of sp³-hybridized carbons (Fsp3) is 0.500. The summed E-state index contributed by atoms with van der Waals surface area (Å²) in [4.78, 5) is 24.1. The highest BCUT2D eigenvalue weighted by Crippen LogP contribution is 2.24. The van der Waals surface area contributed by atoms with Crippen LogP contribution in [0.2, 0.25) is 0 Å². The van der Waals surface area contributed by atoms with Gasteiger partial charge in [-0.25, -0.2) is 0 Å². The number of nitrogens with two attached hydrogens (primary N) is 1. The van der Waals surface area contributed by atoms with Crippen LogP contribution in [0.3, 0.4) is 0 Å². The fourth-order valence-electron chi connectivity index (χ4n) is 2.39. The van der Waals surface area contributed by atoms with Gasteiger partial charge in [0.1, 0.15) is 0 Å². The van der Waals surface area contributed by atoms with E-state index in [4.69, 9.17) is 5.73 Å². The van der Waals surface area contributed by atoms with Gasteiger partial charge in [-0.2, -0.15) is 0 Å². The molecule has 1 saturated heterocycles. The van der Waals surface area contributed by atoms with Gasteiger partial charge in [0.05, 0.1) is 4.92 Å². The highest BCUT2D eigenvalue weighted by atomic mass is 16.6. The number of amides is 1. The first kappa shape index (κ1) is 14.3. The lowest BCUT2D eigenvalue weighted by Crippen LogP contribution is -2.30. The molecule has 20 heavy (non-hydrogen) atoms. The number of carbonyl (C=O) groups is 1. The van der Waals surface area contributed by atoms with Crippen LogP contribution in [0.4, 0.5) is 11.4 Å². The number of nitro benzene ring substituents is 1. The molecular weight excluding hydrogens is 258 g/mol. The summed E-state index contributed by atoms with van der Waals surface area (Å²) in [6.07, 6.45) is 2.40. The van der Waals surface area contributed by atoms with Crippen molar-refractivity contribution in [2.45, 2.75) is 32.7 Å². The van der Waals surface area contributed by atoms with E-state index in [2.05, 4.69) is 6.92 Å². The molecule has 1 aromatic carbocycles. The van der Waals surface area contributed by atoms with E-state index in [1.807, 2.05) is 0 Å². The van der Waals surface area contributed by atoms with Crippen LogP contribution in [0, 0.1) is 16.0 Å². The van der Waals surface area contributed by atoms with Crippen LogP contribution in [-0.4, -0.2) is 22.3 Å². The lowest BCUT2D eigenvalue weighted by atomic mass is 10.0. The minimum atomic E-state index is -0.449. The van der Waals surface area contributed by atoms with Crippen molar-refractivity contribution < 1.29 is 9.72 Å². The molecule has 0 aliphatic carbocycles. The number of non-ortho nitro benzene ring substituents is 1. The van der Waals surface area contributed by atoms with Gasteiger partial charge in [0.15, 0.2) is 0 Å². The summed E-state index contributed by atoms with van der Waals surface area (Å²) in [5, 5.41) is 10.8. The van der Waals surface area contributed by atoms with E-state index in [0.717, 1.165) is 12.8 Å². The zero-order valence-corrected chi connectivity index (χ0v) is 11.5. The topological polar surface area (TPSA) is 89.5 Å². The van der Waals surface area contributed by atoms with Crippen molar-refractivity contribution in [3.63, 3.8) is 0 Å². The van der Waals surface area contributed by atoms with Crippen molar-refractivity contribution in [1.82, 2.24) is 4.90 Å². The number of carbonyl (C=O) groups excluding carboxylic acids is 1. The summed E-state index contributed by atoms with van der Waals surface area (Å²) >= 11 is 0. The van der Waals surface area contributed by atoms with Gasteiger partial charge in [0.2, 0.25) is 5.91 Å². The maximum absolute atomic E-state index is 12.0. The summed E-state index contributed by atoms with van der Waals surface area (Å²) in [5.74, 6) is 0.631. The van der Waals surface area contributed by atoms with E-state index in [-0.39, 0.29) is 11.6 Å². The Balaban J connectivity index is 2.18. The van der Waals surface area contributed by atoms with E-state index in [1.165, 1.54) is 18.2 Å². The highest BCUT2D eigenvalue weighted by molar-refractivity contribution is 5.76. The molecule has 1 amide bonds. The molecule has 1 atom stereocenters. The van der Waals surface area contributed by atoms with E-state index < -0.39 is 4.92 Å². The van der Waals surface area contributed by atoms with Gasteiger partial charge in [-0.15, -0.1) is 0 Å². The monoisotopic (exact) mass is 277 g/mol. The Morgan fingerprint density at radius 2 is 2.20 bits per heavy atom. The van der Waals surface area contributed by atoms with Crippen LogP contribution in [0.5, 0.6) is 0 Å². The van der Waals surface area contributed by atoms with Crippen LogP contribution < -0.4 is 5.73 Å². The van der Waals surface area contributed by atoms with Crippen molar-refractivity contribution in [2.24, 2.45) is 5.92 Å². The Kier molecular flexibility index (Phi) is 4.22. The summed E-state index contributed by atoms with van der Waals surface area (Å²) < 4.78 is 0. The summed E-state index contributed by atoms with van der Waals surface area (Å²) in [7, 11) is 0. The van der Waals surface area contributed by atoms with E-state index in [1.54, 1.807) is 4.90 Å². The zero-order chi connectivity index (χ0) is 14.7. The van der Waals surface area contributed by atoms with Crippen molar-refractivity contribution in [2.75, 3.05) is 12.3 Å². The Morgan fingerprint density at radius 1 is 1.45 bits per heavy atom. The minimum Gasteiger partial charge on any atom is -0.398 e. The number of rotatable bonds is 3. The van der Waals surface area contributed by atoms with Crippen LogP contribution in [-0.2, 0) is 11.3 Å². The summed E-state index contributed by atoms with van der Waals surface area (Å²) in [6.45, 7) is 3.17. The van der Waals surface area contributed by atoms with Crippen molar-refractivity contribution in [3.8, 4) is 0 Å². The highest BCUT2D eigenvalue weighted by Gasteiger charge is 2.21. The number of likely N-dealkylation sites (tertiary alicyclic amines) is 1. The maximum atomic E-state index is 12.0. The van der Waals surface area contributed by atoms with Crippen molar-refractivity contribution in [1.29, 1.82) is 0 Å². The van der Waals surface area contributed by atoms with Crippen LogP contribution in [0.25, 0.3) is 0 Å². The van der Waals surface area contributed by atoms with Crippen LogP contribution in [0.1, 0.15) is 31.7 Å². The average Bonchev–Trinajstić information content (AvgIpc) is 2.56. The molecule has 0 bridgehead atoms. The number of benzene rings is 1. The van der Waals surface area contributed by atoms with Gasteiger partial charge in [0.25, 0.3) is 5.69 Å². The average molecular weight is 277 g/mol. The molecule has 0 radical (unpaired) electrons. The number of nitrogens with zero attached hydrogens (tertiary/aromatic N) is 2. The molecule has 1 heterocycles. The molecule has 1 aromatic rings. The molecule has 0 aromatic heterocycles. The molecule has 6 nitrogen and oxygen atoms in total. The fourth-order valence-corrected chi connectivity index (χ4v) is 2.39. The lowest BCUT2D eigenvalue weighted by molar-refractivity contribution is -0.384. The lowest BCUT2D eigenvalue weighted by Gasteiger charge is -2.21. The number of nitrogen functional groups attached to an aromatic ring is 1. The Morgan fingerprint density at radius 3 is 2.90 bits per heavy atom. The molecule has 6 heteroatoms. The first-order chi connectivity index (χ1) is 9.47. The van der Waals surface area contributed by atoms with Gasteiger partial charge in [-0.05, 0) is 24.8 Å². The summed E-state index contributed by atoms with van der Waals surface area (Å²) in [5.41, 5.74) is 6.99. The normalized spacial score (nSPS) is 19.8. The third kappa shape index (κ3) is 3.26. The van der Waals surface area contributed by atoms with Gasteiger partial charge in [-0.3, -0.25) is 14.9 Å². The van der Waals surface area contributed by atoms with Gasteiger partial charge in [0, 0.05) is 42.9 Å². The second kappa shape index (κ2) is 5.90. The van der Waals surface area contributed by atoms with E-state index >= 15 is 0 Å². The molecule has 1 aliphatic heterocycles. The first-order valence-electron chi connectivity index (χ1n) is 6.78. The third-order valence-electron chi connectivity index (χ3n) is 3.79. The van der Waals surface area contributed by atoms with Crippen LogP contribution in [0.15, 0.2) is 18.2 Å². The predicted octanol–water partition coefficient (Wildman–Crippen LogP) is 2.33. The predicted molar refractivity (Wildman–Crippen MR) is 75.9 cm³/mol. The molecule has 108 valence electrons.